The third-order valence-electron chi connectivity index (χ3n) is 5.14. The van der Waals surface area contributed by atoms with Crippen LogP contribution in [0.2, 0.25) is 0 Å². The predicted octanol–water partition coefficient (Wildman–Crippen LogP) is 1.34. The summed E-state index contributed by atoms with van der Waals surface area (Å²) in [5.41, 5.74) is 5.59. The minimum Gasteiger partial charge on any atom is -0.413 e. The van der Waals surface area contributed by atoms with E-state index >= 15 is 0 Å². The molecule has 2 saturated heterocycles. The number of nitrogens with one attached hydrogen (secondary N) is 2. The molecule has 2 N–H and O–H groups in total. The van der Waals surface area contributed by atoms with E-state index in [4.69, 9.17) is 13.9 Å². The summed E-state index contributed by atoms with van der Waals surface area (Å²) >= 11 is 0. The Bertz CT molecular complexity index is 1150. The predicted molar refractivity (Wildman–Crippen MR) is 117 cm³/mol. The van der Waals surface area contributed by atoms with Gasteiger partial charge in [0.15, 0.2) is 11.3 Å². The highest BCUT2D eigenvalue weighted by Crippen LogP contribution is 2.26. The van der Waals surface area contributed by atoms with Gasteiger partial charge in [0.05, 0.1) is 38.7 Å². The minimum atomic E-state index is -0.406. The van der Waals surface area contributed by atoms with Gasteiger partial charge in [-0.1, -0.05) is 29.8 Å². The largest absolute Gasteiger partial charge is 0.413 e. The van der Waals surface area contributed by atoms with E-state index in [-0.39, 0.29) is 23.6 Å². The topological polar surface area (TPSA) is 127 Å². The van der Waals surface area contributed by atoms with Gasteiger partial charge in [0.1, 0.15) is 0 Å². The number of aryl methyl sites for hydroxylation is 1. The first kappa shape index (κ1) is 20.3. The van der Waals surface area contributed by atoms with E-state index in [2.05, 4.69) is 30.8 Å². The number of fused-ring (bicyclic) bond motifs is 1. The van der Waals surface area contributed by atoms with E-state index in [1.807, 2.05) is 36.1 Å². The van der Waals surface area contributed by atoms with Gasteiger partial charge >= 0.3 is 5.91 Å². The molecule has 0 bridgehead atoms. The molecule has 3 aromatic rings. The normalized spacial score (nSPS) is 17.0. The number of ether oxygens (including phenoxy) is 2. The molecule has 5 rings (SSSR count). The van der Waals surface area contributed by atoms with Crippen molar-refractivity contribution < 1.29 is 18.7 Å². The lowest BCUT2D eigenvalue weighted by molar-refractivity contribution is -0.00398. The standard InChI is InChI=1S/C21H23N7O4/c1-13-3-2-4-14(9-13)10-22-27-21-25-17(28-5-7-30-8-6-28)16-19(26-21)32-20(24-16)18(29)23-15-11-31-12-15/h2-4,9-10,15H,5-8,11-12H2,1H3,(H,23,29)(H,25,26,27)/b22-10+. The van der Waals surface area contributed by atoms with Crippen molar-refractivity contribution in [1.29, 1.82) is 0 Å². The molecule has 0 aliphatic carbocycles. The van der Waals surface area contributed by atoms with Crippen LogP contribution < -0.4 is 15.6 Å². The van der Waals surface area contributed by atoms with Crippen molar-refractivity contribution >= 4 is 35.1 Å². The van der Waals surface area contributed by atoms with E-state index in [1.165, 1.54) is 0 Å². The van der Waals surface area contributed by atoms with Crippen LogP contribution in [0.5, 0.6) is 0 Å². The summed E-state index contributed by atoms with van der Waals surface area (Å²) < 4.78 is 16.2. The maximum atomic E-state index is 12.5. The quantitative estimate of drug-likeness (QED) is 0.434. The van der Waals surface area contributed by atoms with Gasteiger partial charge in [-0.05, 0) is 12.5 Å². The molecule has 4 heterocycles. The smallest absolute Gasteiger partial charge is 0.307 e. The molecule has 32 heavy (non-hydrogen) atoms. The van der Waals surface area contributed by atoms with Gasteiger partial charge in [-0.3, -0.25) is 4.79 Å². The summed E-state index contributed by atoms with van der Waals surface area (Å²) in [5, 5.41) is 7.07. The number of morpholine rings is 1. The summed E-state index contributed by atoms with van der Waals surface area (Å²) in [6.07, 6.45) is 1.69. The zero-order valence-electron chi connectivity index (χ0n) is 17.6. The van der Waals surface area contributed by atoms with Crippen LogP contribution in [0.15, 0.2) is 33.8 Å². The molecule has 2 aromatic heterocycles. The van der Waals surface area contributed by atoms with E-state index < -0.39 is 5.91 Å². The lowest BCUT2D eigenvalue weighted by Gasteiger charge is -2.27. The number of rotatable bonds is 6. The molecule has 2 aliphatic heterocycles. The fourth-order valence-corrected chi connectivity index (χ4v) is 3.43. The summed E-state index contributed by atoms with van der Waals surface area (Å²) in [6, 6.07) is 7.92. The number of anilines is 2. The van der Waals surface area contributed by atoms with Crippen molar-refractivity contribution in [2.45, 2.75) is 13.0 Å². The molecule has 1 aromatic carbocycles. The van der Waals surface area contributed by atoms with Gasteiger partial charge in [-0.25, -0.2) is 5.43 Å². The van der Waals surface area contributed by atoms with Gasteiger partial charge in [-0.15, -0.1) is 0 Å². The Labute approximate surface area is 183 Å². The number of benzene rings is 1. The summed E-state index contributed by atoms with van der Waals surface area (Å²) in [4.78, 5) is 27.9. The van der Waals surface area contributed by atoms with Crippen LogP contribution in [0.25, 0.3) is 11.2 Å². The molecule has 1 amide bonds. The lowest BCUT2D eigenvalue weighted by atomic mass is 10.2. The lowest BCUT2D eigenvalue weighted by Crippen LogP contribution is -2.48. The second-order valence-electron chi connectivity index (χ2n) is 7.64. The molecule has 2 aliphatic rings. The van der Waals surface area contributed by atoms with Crippen molar-refractivity contribution in [1.82, 2.24) is 20.3 Å². The number of carbonyl (C=O) groups is 1. The number of hydrazone groups is 1. The van der Waals surface area contributed by atoms with Crippen molar-refractivity contribution in [3.05, 3.63) is 41.3 Å². The van der Waals surface area contributed by atoms with Crippen LogP contribution in [-0.2, 0) is 9.47 Å². The van der Waals surface area contributed by atoms with Crippen LogP contribution in [0.1, 0.15) is 21.8 Å². The van der Waals surface area contributed by atoms with Crippen LogP contribution in [0, 0.1) is 6.92 Å². The highest BCUT2D eigenvalue weighted by Gasteiger charge is 2.27. The van der Waals surface area contributed by atoms with E-state index in [9.17, 15) is 4.79 Å². The van der Waals surface area contributed by atoms with Gasteiger partial charge < -0.3 is 24.1 Å². The number of carbonyl (C=O) groups excluding carboxylic acids is 1. The molecule has 166 valence electrons. The fourth-order valence-electron chi connectivity index (χ4n) is 3.43. The van der Waals surface area contributed by atoms with E-state index in [0.717, 1.165) is 11.1 Å². The second-order valence-corrected chi connectivity index (χ2v) is 7.64. The third kappa shape index (κ3) is 4.39. The average molecular weight is 437 g/mol. The van der Waals surface area contributed by atoms with Crippen LogP contribution in [-0.4, -0.2) is 72.6 Å². The number of aromatic nitrogens is 3. The maximum Gasteiger partial charge on any atom is 0.307 e. The molecule has 0 atom stereocenters. The first-order valence-corrected chi connectivity index (χ1v) is 10.4. The van der Waals surface area contributed by atoms with Crippen molar-refractivity contribution in [3.63, 3.8) is 0 Å². The molecular formula is C21H23N7O4. The Morgan fingerprint density at radius 1 is 1.19 bits per heavy atom. The van der Waals surface area contributed by atoms with E-state index in [1.54, 1.807) is 6.21 Å². The summed E-state index contributed by atoms with van der Waals surface area (Å²) in [6.45, 7) is 5.43. The molecule has 0 spiro atoms. The molecule has 11 nitrogen and oxygen atoms in total. The number of hydrogen-bond acceptors (Lipinski definition) is 10. The fraction of sp³-hybridized carbons (Fsp3) is 0.381. The molecule has 11 heteroatoms. The van der Waals surface area contributed by atoms with Crippen molar-refractivity contribution in [2.75, 3.05) is 49.8 Å². The molecular weight excluding hydrogens is 414 g/mol. The van der Waals surface area contributed by atoms with Gasteiger partial charge in [0.25, 0.3) is 11.6 Å². The SMILES string of the molecule is Cc1cccc(/C=N/Nc2nc(N3CCOCC3)c3nc(C(=O)NC4COC4)oc3n2)c1. The van der Waals surface area contributed by atoms with Crippen LogP contribution in [0.4, 0.5) is 11.8 Å². The highest BCUT2D eigenvalue weighted by molar-refractivity contribution is 5.94. The zero-order valence-corrected chi connectivity index (χ0v) is 17.6. The van der Waals surface area contributed by atoms with Gasteiger partial charge in [0, 0.05) is 13.1 Å². The van der Waals surface area contributed by atoms with Crippen LogP contribution in [0.3, 0.4) is 0 Å². The number of nitrogens with zero attached hydrogens (tertiary/aromatic N) is 5. The highest BCUT2D eigenvalue weighted by atomic mass is 16.5. The number of oxazole rings is 1. The number of amides is 1. The zero-order chi connectivity index (χ0) is 21.9. The molecule has 2 fully saturated rings. The van der Waals surface area contributed by atoms with Crippen LogP contribution >= 0.6 is 0 Å². The molecule has 0 radical (unpaired) electrons. The Kier molecular flexibility index (Phi) is 5.65. The number of hydrogen-bond donors (Lipinski definition) is 2. The Hall–Kier alpha value is -3.57. The monoisotopic (exact) mass is 437 g/mol. The second kappa shape index (κ2) is 8.89. The van der Waals surface area contributed by atoms with E-state index in [0.29, 0.717) is 50.9 Å². The Morgan fingerprint density at radius 2 is 2.03 bits per heavy atom. The summed E-state index contributed by atoms with van der Waals surface area (Å²) in [7, 11) is 0. The Morgan fingerprint density at radius 3 is 2.78 bits per heavy atom. The van der Waals surface area contributed by atoms with Gasteiger partial charge in [-0.2, -0.15) is 20.1 Å². The average Bonchev–Trinajstić information content (AvgIpc) is 3.21. The minimum absolute atomic E-state index is 0.0319. The Balaban J connectivity index is 1.43. The van der Waals surface area contributed by atoms with Gasteiger partial charge in [0.2, 0.25) is 5.95 Å². The summed E-state index contributed by atoms with van der Waals surface area (Å²) in [5.74, 6) is 0.354. The van der Waals surface area contributed by atoms with Crippen molar-refractivity contribution in [2.24, 2.45) is 5.10 Å². The first-order chi connectivity index (χ1) is 15.7. The molecule has 0 saturated carbocycles. The third-order valence-corrected chi connectivity index (χ3v) is 5.14. The maximum absolute atomic E-state index is 12.5. The van der Waals surface area contributed by atoms with Crippen molar-refractivity contribution in [3.8, 4) is 0 Å². The molecule has 0 unspecified atom stereocenters. The first-order valence-electron chi connectivity index (χ1n) is 10.4.